The molecular formula is C23H28F3N5O. The first kappa shape index (κ1) is 22.2. The number of aromatic nitrogens is 1. The predicted octanol–water partition coefficient (Wildman–Crippen LogP) is 5.33. The number of benzene rings is 1. The maximum atomic E-state index is 13.3. The minimum atomic E-state index is -4.22. The summed E-state index contributed by atoms with van der Waals surface area (Å²) in [5.41, 5.74) is 3.49. The molecular weight excluding hydrogens is 419 g/mol. The molecule has 0 saturated carbocycles. The van der Waals surface area contributed by atoms with Crippen LogP contribution >= 0.6 is 0 Å². The van der Waals surface area contributed by atoms with Gasteiger partial charge in [-0.2, -0.15) is 13.2 Å². The molecule has 0 spiro atoms. The zero-order valence-corrected chi connectivity index (χ0v) is 18.3. The van der Waals surface area contributed by atoms with Crippen molar-refractivity contribution in [2.45, 2.75) is 39.3 Å². The van der Waals surface area contributed by atoms with Crippen LogP contribution in [0.3, 0.4) is 0 Å². The summed E-state index contributed by atoms with van der Waals surface area (Å²) >= 11 is 0. The molecule has 2 aliphatic heterocycles. The lowest BCUT2D eigenvalue weighted by molar-refractivity contribution is -0.176. The van der Waals surface area contributed by atoms with Gasteiger partial charge >= 0.3 is 12.2 Å². The van der Waals surface area contributed by atoms with Gasteiger partial charge < -0.3 is 15.5 Å². The van der Waals surface area contributed by atoms with Crippen LogP contribution < -0.4 is 20.4 Å². The molecule has 2 amide bonds. The van der Waals surface area contributed by atoms with E-state index in [4.69, 9.17) is 0 Å². The Kier molecular flexibility index (Phi) is 6.17. The number of nitrogens with zero attached hydrogens (tertiary/aromatic N) is 3. The summed E-state index contributed by atoms with van der Waals surface area (Å²) in [5, 5.41) is 6.22. The van der Waals surface area contributed by atoms with Gasteiger partial charge in [0.1, 0.15) is 5.82 Å². The van der Waals surface area contributed by atoms with Crippen molar-refractivity contribution in [3.63, 3.8) is 0 Å². The highest BCUT2D eigenvalue weighted by Crippen LogP contribution is 2.36. The molecule has 4 rings (SSSR count). The third-order valence-corrected chi connectivity index (χ3v) is 5.92. The van der Waals surface area contributed by atoms with Crippen LogP contribution in [-0.2, 0) is 0 Å². The molecule has 2 aromatic rings. The number of fused-ring (bicyclic) bond motifs is 1. The van der Waals surface area contributed by atoms with E-state index in [0.717, 1.165) is 17.5 Å². The number of hydrogen-bond donors (Lipinski definition) is 2. The van der Waals surface area contributed by atoms with Crippen LogP contribution in [0, 0.1) is 19.8 Å². The fourth-order valence-electron chi connectivity index (χ4n) is 4.41. The van der Waals surface area contributed by atoms with Crippen LogP contribution in [-0.4, -0.2) is 43.4 Å². The molecule has 0 radical (unpaired) electrons. The van der Waals surface area contributed by atoms with Crippen molar-refractivity contribution in [2.24, 2.45) is 5.92 Å². The normalized spacial score (nSPS) is 19.1. The summed E-state index contributed by atoms with van der Waals surface area (Å²) in [4.78, 5) is 21.1. The van der Waals surface area contributed by atoms with E-state index in [-0.39, 0.29) is 19.0 Å². The summed E-state index contributed by atoms with van der Waals surface area (Å²) in [6, 6.07) is 9.05. The van der Waals surface area contributed by atoms with Gasteiger partial charge in [-0.3, -0.25) is 4.90 Å². The van der Waals surface area contributed by atoms with Crippen LogP contribution in [0.15, 0.2) is 30.3 Å². The lowest BCUT2D eigenvalue weighted by Crippen LogP contribution is -2.42. The molecule has 172 valence electrons. The van der Waals surface area contributed by atoms with Crippen molar-refractivity contribution in [1.82, 2.24) is 4.98 Å². The number of carbonyl (C=O) groups is 1. The fraction of sp³-hybridized carbons (Fsp3) is 0.478. The zero-order valence-electron chi connectivity index (χ0n) is 18.3. The fourth-order valence-corrected chi connectivity index (χ4v) is 4.41. The Morgan fingerprint density at radius 3 is 2.59 bits per heavy atom. The highest BCUT2D eigenvalue weighted by atomic mass is 19.4. The second-order valence-corrected chi connectivity index (χ2v) is 8.61. The second-order valence-electron chi connectivity index (χ2n) is 8.61. The molecule has 9 heteroatoms. The van der Waals surface area contributed by atoms with E-state index in [9.17, 15) is 18.0 Å². The van der Waals surface area contributed by atoms with E-state index < -0.39 is 12.1 Å². The molecule has 1 unspecified atom stereocenters. The van der Waals surface area contributed by atoms with Gasteiger partial charge in [0.2, 0.25) is 0 Å². The van der Waals surface area contributed by atoms with Crippen LogP contribution in [0.25, 0.3) is 0 Å². The minimum absolute atomic E-state index is 0.114. The van der Waals surface area contributed by atoms with Gasteiger partial charge in [0, 0.05) is 31.9 Å². The first-order valence-electron chi connectivity index (χ1n) is 10.9. The molecule has 1 saturated heterocycles. The zero-order chi connectivity index (χ0) is 22.9. The van der Waals surface area contributed by atoms with E-state index in [2.05, 4.69) is 15.6 Å². The smallest absolute Gasteiger partial charge is 0.382 e. The summed E-state index contributed by atoms with van der Waals surface area (Å²) in [6.07, 6.45) is -2.90. The number of rotatable bonds is 2. The second kappa shape index (κ2) is 8.88. The number of alkyl halides is 3. The Morgan fingerprint density at radius 1 is 1.12 bits per heavy atom. The van der Waals surface area contributed by atoms with Gasteiger partial charge in [0.25, 0.3) is 0 Å². The van der Waals surface area contributed by atoms with Gasteiger partial charge in [-0.05, 0) is 68.5 Å². The molecule has 1 aromatic carbocycles. The van der Waals surface area contributed by atoms with Gasteiger partial charge in [-0.25, -0.2) is 9.78 Å². The first-order chi connectivity index (χ1) is 15.2. The maximum Gasteiger partial charge on any atom is 0.393 e. The van der Waals surface area contributed by atoms with E-state index in [1.807, 2.05) is 32.0 Å². The Morgan fingerprint density at radius 2 is 1.88 bits per heavy atom. The standard InChI is InChI=1S/C23H28F3N5O/c1-15-11-16(2)13-18(12-15)28-22(32)31-10-4-8-27-19-6-7-20(29-21(19)31)30-9-3-5-17(14-30)23(24,25)26/h6-7,11-13,17,27H,3-5,8-10,14H2,1-2H3,(H,28,32). The Hall–Kier alpha value is -2.97. The Labute approximate surface area is 185 Å². The van der Waals surface area contributed by atoms with E-state index >= 15 is 0 Å². The quantitative estimate of drug-likeness (QED) is 0.653. The van der Waals surface area contributed by atoms with Crippen LogP contribution in [0.4, 0.5) is 41.0 Å². The number of urea groups is 1. The number of amides is 2. The lowest BCUT2D eigenvalue weighted by Gasteiger charge is -2.35. The van der Waals surface area contributed by atoms with Crippen molar-refractivity contribution in [2.75, 3.05) is 46.6 Å². The third-order valence-electron chi connectivity index (χ3n) is 5.92. The van der Waals surface area contributed by atoms with Crippen molar-refractivity contribution in [3.8, 4) is 0 Å². The van der Waals surface area contributed by atoms with E-state index in [0.29, 0.717) is 49.1 Å². The summed E-state index contributed by atoms with van der Waals surface area (Å²) in [7, 11) is 0. The highest BCUT2D eigenvalue weighted by molar-refractivity contribution is 6.03. The van der Waals surface area contributed by atoms with E-state index in [1.165, 1.54) is 0 Å². The van der Waals surface area contributed by atoms with Crippen LogP contribution in [0.1, 0.15) is 30.4 Å². The number of pyridine rings is 1. The van der Waals surface area contributed by atoms with Gasteiger partial charge in [0.15, 0.2) is 5.82 Å². The average molecular weight is 448 g/mol. The number of piperidine rings is 1. The largest absolute Gasteiger partial charge is 0.393 e. The van der Waals surface area contributed by atoms with Gasteiger partial charge in [-0.1, -0.05) is 6.07 Å². The summed E-state index contributed by atoms with van der Waals surface area (Å²) < 4.78 is 39.8. The molecule has 0 aliphatic carbocycles. The Balaban J connectivity index is 1.60. The number of carbonyl (C=O) groups excluding carboxylic acids is 1. The number of halogens is 3. The van der Waals surface area contributed by atoms with Crippen molar-refractivity contribution in [1.29, 1.82) is 0 Å². The first-order valence-corrected chi connectivity index (χ1v) is 10.9. The minimum Gasteiger partial charge on any atom is -0.382 e. The molecule has 32 heavy (non-hydrogen) atoms. The van der Waals surface area contributed by atoms with Crippen molar-refractivity contribution >= 4 is 29.0 Å². The number of anilines is 4. The highest BCUT2D eigenvalue weighted by Gasteiger charge is 2.42. The molecule has 6 nitrogen and oxygen atoms in total. The summed E-state index contributed by atoms with van der Waals surface area (Å²) in [6.45, 7) is 5.47. The van der Waals surface area contributed by atoms with E-state index in [1.54, 1.807) is 21.9 Å². The average Bonchev–Trinajstić information content (AvgIpc) is 2.94. The van der Waals surface area contributed by atoms with Crippen LogP contribution in [0.5, 0.6) is 0 Å². The molecule has 3 heterocycles. The molecule has 1 aromatic heterocycles. The van der Waals surface area contributed by atoms with Crippen LogP contribution in [0.2, 0.25) is 0 Å². The lowest BCUT2D eigenvalue weighted by atomic mass is 9.97. The molecule has 2 aliphatic rings. The molecule has 1 fully saturated rings. The summed E-state index contributed by atoms with van der Waals surface area (Å²) in [5.74, 6) is -0.458. The molecule has 1 atom stereocenters. The predicted molar refractivity (Wildman–Crippen MR) is 121 cm³/mol. The molecule has 0 bridgehead atoms. The maximum absolute atomic E-state index is 13.3. The monoisotopic (exact) mass is 447 g/mol. The topological polar surface area (TPSA) is 60.5 Å². The third kappa shape index (κ3) is 4.92. The Bertz CT molecular complexity index is 974. The number of hydrogen-bond acceptors (Lipinski definition) is 4. The molecule has 2 N–H and O–H groups in total. The number of nitrogens with one attached hydrogen (secondary N) is 2. The van der Waals surface area contributed by atoms with Gasteiger partial charge in [0.05, 0.1) is 11.6 Å². The number of aryl methyl sites for hydroxylation is 2. The van der Waals surface area contributed by atoms with Crippen molar-refractivity contribution < 1.29 is 18.0 Å². The van der Waals surface area contributed by atoms with Gasteiger partial charge in [-0.15, -0.1) is 0 Å². The van der Waals surface area contributed by atoms with Crippen molar-refractivity contribution in [3.05, 3.63) is 41.5 Å². The SMILES string of the molecule is Cc1cc(C)cc(NC(=O)N2CCCNc3ccc(N4CCCC(C(F)(F)F)C4)nc32)c1.